The second-order valence-electron chi connectivity index (χ2n) is 6.69. The van der Waals surface area contributed by atoms with E-state index in [4.69, 9.17) is 17.0 Å². The molecule has 0 aliphatic heterocycles. The zero-order valence-electron chi connectivity index (χ0n) is 14.2. The Morgan fingerprint density at radius 1 is 1.33 bits per heavy atom. The van der Waals surface area contributed by atoms with Crippen LogP contribution in [-0.2, 0) is 4.74 Å². The average molecular weight is 346 g/mol. The molecule has 3 atom stereocenters. The molecule has 1 heterocycles. The fourth-order valence-electron chi connectivity index (χ4n) is 3.70. The maximum absolute atomic E-state index is 13.0. The number of aromatic amines is 1. The summed E-state index contributed by atoms with van der Waals surface area (Å²) < 4.78 is 6.88. The van der Waals surface area contributed by atoms with Gasteiger partial charge in [0.05, 0.1) is 23.6 Å². The molecule has 0 radical (unpaired) electrons. The molecule has 3 unspecified atom stereocenters. The van der Waals surface area contributed by atoms with Gasteiger partial charge in [-0.25, -0.2) is 4.79 Å². The van der Waals surface area contributed by atoms with Crippen molar-refractivity contribution in [2.75, 3.05) is 7.11 Å². The van der Waals surface area contributed by atoms with Crippen molar-refractivity contribution in [3.63, 3.8) is 0 Å². The molecule has 1 saturated carbocycles. The Morgan fingerprint density at radius 3 is 2.79 bits per heavy atom. The molecule has 5 nitrogen and oxygen atoms in total. The van der Waals surface area contributed by atoms with Crippen molar-refractivity contribution >= 4 is 29.1 Å². The maximum atomic E-state index is 13.0. The van der Waals surface area contributed by atoms with Crippen molar-refractivity contribution in [2.24, 2.45) is 11.8 Å². The van der Waals surface area contributed by atoms with E-state index >= 15 is 0 Å². The summed E-state index contributed by atoms with van der Waals surface area (Å²) in [6, 6.07) is 5.02. The monoisotopic (exact) mass is 346 g/mol. The first kappa shape index (κ1) is 16.9. The largest absolute Gasteiger partial charge is 0.465 e. The maximum Gasteiger partial charge on any atom is 0.337 e. The van der Waals surface area contributed by atoms with Crippen LogP contribution in [0.3, 0.4) is 0 Å². The van der Waals surface area contributed by atoms with E-state index in [-0.39, 0.29) is 11.6 Å². The summed E-state index contributed by atoms with van der Waals surface area (Å²) in [5.41, 5.74) is 0.879. The summed E-state index contributed by atoms with van der Waals surface area (Å²) in [5, 5.41) is 0.543. The fraction of sp³-hybridized carbons (Fsp3) is 0.500. The Labute approximate surface area is 145 Å². The number of nitrogens with zero attached hydrogens (tertiary/aromatic N) is 1. The number of carbonyl (C=O) groups is 1. The van der Waals surface area contributed by atoms with Crippen LogP contribution in [0.4, 0.5) is 0 Å². The van der Waals surface area contributed by atoms with Gasteiger partial charge in [-0.15, -0.1) is 0 Å². The minimum atomic E-state index is -0.435. The zero-order chi connectivity index (χ0) is 17.4. The topological polar surface area (TPSA) is 64.1 Å². The van der Waals surface area contributed by atoms with Crippen LogP contribution < -0.4 is 5.56 Å². The van der Waals surface area contributed by atoms with E-state index in [2.05, 4.69) is 18.8 Å². The van der Waals surface area contributed by atoms with E-state index in [1.165, 1.54) is 13.5 Å². The third-order valence-corrected chi connectivity index (χ3v) is 5.64. The molecule has 2 aromatic rings. The lowest BCUT2D eigenvalue weighted by Crippen LogP contribution is -2.34. The SMILES string of the molecule is COC(=O)c1ccc2c(=O)n(C3CCCC(C)C3C)c(=S)[nH]c2c1. The first-order valence-corrected chi connectivity index (χ1v) is 8.71. The van der Waals surface area contributed by atoms with Gasteiger partial charge >= 0.3 is 5.97 Å². The molecule has 6 heteroatoms. The fourth-order valence-corrected chi connectivity index (χ4v) is 4.02. The summed E-state index contributed by atoms with van der Waals surface area (Å²) in [7, 11) is 1.33. The number of hydrogen-bond donors (Lipinski definition) is 1. The molecule has 1 fully saturated rings. The van der Waals surface area contributed by atoms with Crippen LogP contribution in [0, 0.1) is 16.6 Å². The number of esters is 1. The van der Waals surface area contributed by atoms with E-state index in [0.717, 1.165) is 12.8 Å². The van der Waals surface area contributed by atoms with Crippen LogP contribution in [0.1, 0.15) is 49.5 Å². The number of methoxy groups -OCH3 is 1. The van der Waals surface area contributed by atoms with Crippen LogP contribution in [0.2, 0.25) is 0 Å². The van der Waals surface area contributed by atoms with Gasteiger partial charge in [0.2, 0.25) is 0 Å². The van der Waals surface area contributed by atoms with Gasteiger partial charge < -0.3 is 9.72 Å². The van der Waals surface area contributed by atoms with Crippen LogP contribution >= 0.6 is 12.2 Å². The molecule has 0 bridgehead atoms. The predicted octanol–water partition coefficient (Wildman–Crippen LogP) is 3.84. The quantitative estimate of drug-likeness (QED) is 0.663. The lowest BCUT2D eigenvalue weighted by molar-refractivity contribution is 0.0601. The van der Waals surface area contributed by atoms with E-state index < -0.39 is 5.97 Å². The number of ether oxygens (including phenoxy) is 1. The van der Waals surface area contributed by atoms with Gasteiger partial charge in [0, 0.05) is 6.04 Å². The normalized spacial score (nSPS) is 24.0. The highest BCUT2D eigenvalue weighted by molar-refractivity contribution is 7.71. The number of H-pyrrole nitrogens is 1. The minimum Gasteiger partial charge on any atom is -0.465 e. The van der Waals surface area contributed by atoms with Crippen LogP contribution in [0.5, 0.6) is 0 Å². The lowest BCUT2D eigenvalue weighted by atomic mass is 9.78. The first-order valence-electron chi connectivity index (χ1n) is 8.31. The number of aromatic nitrogens is 2. The van der Waals surface area contributed by atoms with Crippen molar-refractivity contribution in [3.05, 3.63) is 38.9 Å². The highest BCUT2D eigenvalue weighted by Crippen LogP contribution is 2.37. The van der Waals surface area contributed by atoms with Gasteiger partial charge in [0.1, 0.15) is 0 Å². The average Bonchev–Trinajstić information content (AvgIpc) is 2.57. The van der Waals surface area contributed by atoms with E-state index in [1.807, 2.05) is 0 Å². The number of fused-ring (bicyclic) bond motifs is 1. The molecule has 0 amide bonds. The number of nitrogens with one attached hydrogen (secondary N) is 1. The Kier molecular flexibility index (Phi) is 4.58. The van der Waals surface area contributed by atoms with Gasteiger partial charge in [-0.3, -0.25) is 9.36 Å². The van der Waals surface area contributed by atoms with Crippen molar-refractivity contribution in [2.45, 2.75) is 39.2 Å². The molecule has 0 spiro atoms. The zero-order valence-corrected chi connectivity index (χ0v) is 15.0. The van der Waals surface area contributed by atoms with Gasteiger partial charge in [-0.1, -0.05) is 26.7 Å². The smallest absolute Gasteiger partial charge is 0.337 e. The number of rotatable bonds is 2. The molecule has 3 rings (SSSR count). The second kappa shape index (κ2) is 6.51. The molecule has 1 aliphatic carbocycles. The van der Waals surface area contributed by atoms with Gasteiger partial charge in [0.25, 0.3) is 5.56 Å². The Bertz CT molecular complexity index is 899. The van der Waals surface area contributed by atoms with Crippen molar-refractivity contribution < 1.29 is 9.53 Å². The molecule has 1 aromatic carbocycles. The summed E-state index contributed by atoms with van der Waals surface area (Å²) in [6.45, 7) is 4.43. The molecule has 128 valence electrons. The standard InChI is InChI=1S/C18H22N2O3S/c1-10-5-4-6-15(11(10)2)20-16(21)13-8-7-12(17(22)23-3)9-14(13)19-18(20)24/h7-11,15H,4-6H2,1-3H3,(H,19,24). The first-order chi connectivity index (χ1) is 11.4. The number of hydrogen-bond acceptors (Lipinski definition) is 4. The summed E-state index contributed by atoms with van der Waals surface area (Å²) in [5.74, 6) is 0.538. The number of carbonyl (C=O) groups excluding carboxylic acids is 1. The van der Waals surface area contributed by atoms with Crippen LogP contribution in [0.25, 0.3) is 10.9 Å². The van der Waals surface area contributed by atoms with E-state index in [1.54, 1.807) is 22.8 Å². The summed E-state index contributed by atoms with van der Waals surface area (Å²) >= 11 is 5.47. The van der Waals surface area contributed by atoms with Gasteiger partial charge in [0.15, 0.2) is 4.77 Å². The molecule has 0 saturated heterocycles. The molecular weight excluding hydrogens is 324 g/mol. The molecule has 1 aromatic heterocycles. The Balaban J connectivity index is 2.16. The lowest BCUT2D eigenvalue weighted by Gasteiger charge is -2.35. The Hall–Kier alpha value is -1.95. The molecule has 24 heavy (non-hydrogen) atoms. The second-order valence-corrected chi connectivity index (χ2v) is 7.08. The van der Waals surface area contributed by atoms with Crippen molar-refractivity contribution in [3.8, 4) is 0 Å². The third kappa shape index (κ3) is 2.79. The molecular formula is C18H22N2O3S. The van der Waals surface area contributed by atoms with Crippen LogP contribution in [-0.4, -0.2) is 22.6 Å². The summed E-state index contributed by atoms with van der Waals surface area (Å²) in [6.07, 6.45) is 3.27. The Morgan fingerprint density at radius 2 is 2.08 bits per heavy atom. The molecule has 1 N–H and O–H groups in total. The summed E-state index contributed by atoms with van der Waals surface area (Å²) in [4.78, 5) is 27.8. The minimum absolute atomic E-state index is 0.0869. The van der Waals surface area contributed by atoms with Crippen LogP contribution in [0.15, 0.2) is 23.0 Å². The van der Waals surface area contributed by atoms with E-state index in [9.17, 15) is 9.59 Å². The van der Waals surface area contributed by atoms with Crippen molar-refractivity contribution in [1.82, 2.24) is 9.55 Å². The van der Waals surface area contributed by atoms with Gasteiger partial charge in [-0.2, -0.15) is 0 Å². The van der Waals surface area contributed by atoms with Gasteiger partial charge in [-0.05, 0) is 48.7 Å². The number of benzene rings is 1. The molecule has 1 aliphatic rings. The highest BCUT2D eigenvalue weighted by Gasteiger charge is 2.30. The predicted molar refractivity (Wildman–Crippen MR) is 95.9 cm³/mol. The highest BCUT2D eigenvalue weighted by atomic mass is 32.1. The van der Waals surface area contributed by atoms with Crippen molar-refractivity contribution in [1.29, 1.82) is 0 Å². The third-order valence-electron chi connectivity index (χ3n) is 5.35. The van der Waals surface area contributed by atoms with E-state index in [0.29, 0.717) is 33.1 Å².